The fourth-order valence-corrected chi connectivity index (χ4v) is 10.3. The van der Waals surface area contributed by atoms with Crippen molar-refractivity contribution in [1.82, 2.24) is 4.98 Å². The molecule has 1 aliphatic heterocycles. The second-order valence-corrected chi connectivity index (χ2v) is 22.0. The summed E-state index contributed by atoms with van der Waals surface area (Å²) in [5.41, 5.74) is 11.1. The molecule has 8 aromatic carbocycles. The number of para-hydroxylation sites is 1. The van der Waals surface area contributed by atoms with Crippen molar-refractivity contribution in [3.63, 3.8) is 0 Å². The Bertz CT molecular complexity index is 3270. The van der Waals surface area contributed by atoms with Gasteiger partial charge >= 0.3 is 20.1 Å². The molecule has 1 atom stereocenters. The largest absolute Gasteiger partial charge is 3.00 e. The number of furan rings is 1. The molecule has 11 rings (SSSR count). The van der Waals surface area contributed by atoms with Gasteiger partial charge in [0.1, 0.15) is 5.58 Å². The van der Waals surface area contributed by atoms with Crippen molar-refractivity contribution in [3.05, 3.63) is 205 Å². The normalized spacial score (nSPS) is 13.9. The molecule has 6 heteroatoms. The van der Waals surface area contributed by atoms with Crippen LogP contribution in [0.2, 0.25) is 19.6 Å². The van der Waals surface area contributed by atoms with E-state index in [1.807, 2.05) is 50.4 Å². The fraction of sp³-hybridized carbons (Fsp3) is 0.125. The number of nitrogens with zero attached hydrogens (tertiary/aromatic N) is 3. The maximum atomic E-state index is 8.44. The maximum absolute atomic E-state index is 8.44. The van der Waals surface area contributed by atoms with Gasteiger partial charge in [-0.2, -0.15) is 18.2 Å². The van der Waals surface area contributed by atoms with Crippen LogP contribution in [0.3, 0.4) is 0 Å². The smallest absolute Gasteiger partial charge is 0.660 e. The van der Waals surface area contributed by atoms with Gasteiger partial charge in [-0.1, -0.05) is 166 Å². The molecule has 0 amide bonds. The fourth-order valence-electron chi connectivity index (χ4n) is 8.73. The zero-order valence-electron chi connectivity index (χ0n) is 36.4. The molecule has 0 bridgehead atoms. The summed E-state index contributed by atoms with van der Waals surface area (Å²) in [4.78, 5) is 6.97. The molecule has 1 unspecified atom stereocenters. The number of rotatable bonds is 6. The molecular formula is C56H46IrN3OSi. The molecule has 4 nitrogen and oxygen atoms in total. The molecule has 3 heterocycles. The molecule has 0 fully saturated rings. The molecule has 62 heavy (non-hydrogen) atoms. The topological polar surface area (TPSA) is 43.4 Å². The van der Waals surface area contributed by atoms with Crippen LogP contribution in [-0.2, 0) is 20.1 Å². The van der Waals surface area contributed by atoms with Gasteiger partial charge in [0.25, 0.3) is 0 Å². The molecule has 0 radical (unpaired) electrons. The predicted octanol–water partition coefficient (Wildman–Crippen LogP) is 15.4. The van der Waals surface area contributed by atoms with Crippen molar-refractivity contribution in [2.24, 2.45) is 0 Å². The van der Waals surface area contributed by atoms with Crippen molar-refractivity contribution in [2.75, 3.05) is 4.90 Å². The Balaban J connectivity index is 0.000000204. The van der Waals surface area contributed by atoms with Gasteiger partial charge in [-0.25, -0.2) is 0 Å². The summed E-state index contributed by atoms with van der Waals surface area (Å²) in [6, 6.07) is 65.6. The molecule has 304 valence electrons. The average Bonchev–Trinajstić information content (AvgIpc) is 3.89. The third-order valence-corrected chi connectivity index (χ3v) is 13.7. The van der Waals surface area contributed by atoms with Crippen LogP contribution in [-0.4, -0.2) is 13.1 Å². The van der Waals surface area contributed by atoms with Gasteiger partial charge < -0.3 is 19.6 Å². The molecule has 1 aliphatic rings. The minimum Gasteiger partial charge on any atom is -0.660 e. The van der Waals surface area contributed by atoms with E-state index in [1.54, 1.807) is 0 Å². The first-order chi connectivity index (χ1) is 30.0. The van der Waals surface area contributed by atoms with Crippen LogP contribution < -0.4 is 10.1 Å². The van der Waals surface area contributed by atoms with Crippen LogP contribution in [0.4, 0.5) is 17.1 Å². The van der Waals surface area contributed by atoms with Gasteiger partial charge in [0, 0.05) is 40.9 Å². The van der Waals surface area contributed by atoms with Crippen LogP contribution >= 0.6 is 0 Å². The van der Waals surface area contributed by atoms with Gasteiger partial charge in [0.05, 0.1) is 8.07 Å². The average molecular weight is 998 g/mol. The third-order valence-electron chi connectivity index (χ3n) is 11.7. The minimum atomic E-state index is -1.50. The monoisotopic (exact) mass is 998 g/mol. The maximum Gasteiger partial charge on any atom is 3.00 e. The van der Waals surface area contributed by atoms with E-state index >= 15 is 0 Å². The quantitative estimate of drug-likeness (QED) is 0.123. The summed E-state index contributed by atoms with van der Waals surface area (Å²) in [6.45, 7) is 10.8. The summed E-state index contributed by atoms with van der Waals surface area (Å²) < 4.78 is 15.2. The molecule has 0 N–H and O–H groups in total. The Morgan fingerprint density at radius 3 is 2.10 bits per heavy atom. The van der Waals surface area contributed by atoms with Gasteiger partial charge in [0.15, 0.2) is 0 Å². The summed E-state index contributed by atoms with van der Waals surface area (Å²) in [5, 5.41) is 13.5. The number of aromatic nitrogens is 1. The van der Waals surface area contributed by atoms with E-state index in [0.29, 0.717) is 0 Å². The first-order valence-corrected chi connectivity index (χ1v) is 24.4. The van der Waals surface area contributed by atoms with Crippen molar-refractivity contribution >= 4 is 73.8 Å². The standard InChI is InChI=1S/C39H24N2O.C17H22NSi.Ir/c1-2-11-25(12-3-1)28-15-8-9-20-34(28)41-35-24-22-26-13-4-6-16-29(26)36(35)40-39(41)33-19-10-18-31-32-23-21-27-14-5-7-17-30(27)37(32)42-38(31)33;1-13(2)15-11-16(14-9-7-6-8-10-14)18-12-17(15)19(3,4)5;/h1-18,20-24,39H;6-9,11-13H,1-5H3;/q-2;-1;+3/i;13D;. The van der Waals surface area contributed by atoms with E-state index in [-0.39, 0.29) is 26.3 Å². The summed E-state index contributed by atoms with van der Waals surface area (Å²) in [5.74, 6) is -0.609. The molecule has 0 saturated heterocycles. The van der Waals surface area contributed by atoms with Gasteiger partial charge in [-0.15, -0.1) is 47.1 Å². The summed E-state index contributed by atoms with van der Waals surface area (Å²) >= 11 is 0. The zero-order valence-corrected chi connectivity index (χ0v) is 38.8. The number of hydrogen-bond acceptors (Lipinski definition) is 3. The predicted molar refractivity (Wildman–Crippen MR) is 259 cm³/mol. The van der Waals surface area contributed by atoms with E-state index in [2.05, 4.69) is 181 Å². The second-order valence-electron chi connectivity index (χ2n) is 17.0. The summed E-state index contributed by atoms with van der Waals surface area (Å²) in [6.07, 6.45) is 1.62. The Morgan fingerprint density at radius 2 is 1.34 bits per heavy atom. The van der Waals surface area contributed by atoms with E-state index in [1.165, 1.54) is 16.1 Å². The van der Waals surface area contributed by atoms with Gasteiger partial charge in [0.2, 0.25) is 0 Å². The van der Waals surface area contributed by atoms with Crippen LogP contribution in [0.1, 0.15) is 38.4 Å². The Hall–Kier alpha value is -6.30. The van der Waals surface area contributed by atoms with E-state index in [4.69, 9.17) is 11.1 Å². The van der Waals surface area contributed by atoms with Gasteiger partial charge in [-0.05, 0) is 56.8 Å². The number of anilines is 2. The molecule has 0 spiro atoms. The second kappa shape index (κ2) is 16.9. The van der Waals surface area contributed by atoms with Crippen molar-refractivity contribution in [3.8, 4) is 22.4 Å². The number of pyridine rings is 1. The first kappa shape index (κ1) is 39.8. The van der Waals surface area contributed by atoms with Crippen LogP contribution in [0.25, 0.3) is 71.2 Å². The van der Waals surface area contributed by atoms with Gasteiger partial charge in [-0.3, -0.25) is 0 Å². The van der Waals surface area contributed by atoms with Crippen LogP contribution in [0.15, 0.2) is 180 Å². The van der Waals surface area contributed by atoms with Crippen molar-refractivity contribution in [1.29, 1.82) is 0 Å². The van der Waals surface area contributed by atoms with E-state index < -0.39 is 14.0 Å². The SMILES string of the molecule is [2H]C(C)(C)c1cc(-c2[c-]cccc2)ncc1[Si](C)(C)C.[Ir+3].[c-]1ccc2c(oc3c4ccccc4ccc23)c1C1[N-]c2c(ccc3ccccc23)N1c1ccccc1-c1ccccc1. The Labute approximate surface area is 380 Å². The van der Waals surface area contributed by atoms with Crippen LogP contribution in [0, 0.1) is 12.1 Å². The van der Waals surface area contributed by atoms with E-state index in [9.17, 15) is 0 Å². The molecule has 2 aromatic heterocycles. The molecule has 0 saturated carbocycles. The third kappa shape index (κ3) is 7.43. The Kier molecular flexibility index (Phi) is 10.8. The molecular weight excluding hydrogens is 951 g/mol. The van der Waals surface area contributed by atoms with Crippen LogP contribution in [0.5, 0.6) is 0 Å². The molecule has 0 aliphatic carbocycles. The number of hydrogen-bond donors (Lipinski definition) is 0. The van der Waals surface area contributed by atoms with Crippen molar-refractivity contribution < 1.29 is 25.9 Å². The number of fused-ring (bicyclic) bond motifs is 8. The Morgan fingerprint density at radius 1 is 0.661 bits per heavy atom. The first-order valence-electron chi connectivity index (χ1n) is 21.4. The zero-order chi connectivity index (χ0) is 42.6. The van der Waals surface area contributed by atoms with Crippen molar-refractivity contribution in [2.45, 2.75) is 45.5 Å². The summed E-state index contributed by atoms with van der Waals surface area (Å²) in [7, 11) is -1.50. The number of benzene rings is 8. The van der Waals surface area contributed by atoms with E-state index in [0.717, 1.165) is 83.1 Å². The molecule has 10 aromatic rings. The minimum absolute atomic E-state index is 0.